The van der Waals surface area contributed by atoms with Crippen LogP contribution in [0.15, 0.2) is 60.8 Å². The van der Waals surface area contributed by atoms with Gasteiger partial charge in [-0.2, -0.15) is 13.2 Å². The van der Waals surface area contributed by atoms with Crippen molar-refractivity contribution in [1.82, 2.24) is 4.98 Å². The second-order valence-electron chi connectivity index (χ2n) is 7.33. The number of aromatic nitrogens is 1. The van der Waals surface area contributed by atoms with Crippen LogP contribution < -0.4 is 14.8 Å². The van der Waals surface area contributed by atoms with Crippen LogP contribution in [-0.2, 0) is 28.7 Å². The third-order valence-electron chi connectivity index (χ3n) is 4.88. The van der Waals surface area contributed by atoms with Crippen LogP contribution in [0, 0.1) is 0 Å². The van der Waals surface area contributed by atoms with E-state index in [9.17, 15) is 18.0 Å². The number of rotatable bonds is 10. The van der Waals surface area contributed by atoms with Gasteiger partial charge in [-0.15, -0.1) is 0 Å². The molecule has 3 aromatic rings. The third kappa shape index (κ3) is 7.13. The number of anilines is 1. The van der Waals surface area contributed by atoms with Crippen LogP contribution >= 0.6 is 0 Å². The minimum Gasteiger partial charge on any atom is -0.493 e. The minimum atomic E-state index is -4.35. The monoisotopic (exact) mass is 474 g/mol. The second kappa shape index (κ2) is 11.4. The Labute approximate surface area is 195 Å². The number of benzene rings is 2. The Morgan fingerprint density at radius 3 is 2.35 bits per heavy atom. The molecule has 0 saturated heterocycles. The van der Waals surface area contributed by atoms with Crippen molar-refractivity contribution in [3.8, 4) is 17.4 Å². The van der Waals surface area contributed by atoms with Gasteiger partial charge < -0.3 is 19.5 Å². The highest BCUT2D eigenvalue weighted by Crippen LogP contribution is 2.32. The molecule has 3 rings (SSSR count). The SMILES string of the molecule is CCOC(=O)CCc1ccc(Oc2ccc(NCc3ccc(C(F)(F)F)cc3)cn2)c(OC)c1. The van der Waals surface area contributed by atoms with Crippen molar-refractivity contribution < 1.29 is 32.2 Å². The molecule has 0 fully saturated rings. The molecule has 0 saturated carbocycles. The zero-order chi connectivity index (χ0) is 24.6. The molecule has 1 N–H and O–H groups in total. The molecule has 1 aromatic heterocycles. The molecule has 0 amide bonds. The van der Waals surface area contributed by atoms with E-state index in [1.54, 1.807) is 37.4 Å². The quantitative estimate of drug-likeness (QED) is 0.363. The molecule has 0 aliphatic carbocycles. The fourth-order valence-corrected chi connectivity index (χ4v) is 3.10. The van der Waals surface area contributed by atoms with Gasteiger partial charge in [0.1, 0.15) is 0 Å². The van der Waals surface area contributed by atoms with Gasteiger partial charge in [0.15, 0.2) is 11.5 Å². The van der Waals surface area contributed by atoms with Crippen LogP contribution in [-0.4, -0.2) is 24.7 Å². The summed E-state index contributed by atoms with van der Waals surface area (Å²) in [6, 6.07) is 13.8. The van der Waals surface area contributed by atoms with Crippen LogP contribution in [0.1, 0.15) is 30.0 Å². The summed E-state index contributed by atoms with van der Waals surface area (Å²) >= 11 is 0. The normalized spacial score (nSPS) is 11.1. The van der Waals surface area contributed by atoms with Gasteiger partial charge in [-0.05, 0) is 54.8 Å². The summed E-state index contributed by atoms with van der Waals surface area (Å²) < 4.78 is 54.1. The number of carbonyl (C=O) groups is 1. The number of esters is 1. The van der Waals surface area contributed by atoms with Crippen LogP contribution in [0.4, 0.5) is 18.9 Å². The summed E-state index contributed by atoms with van der Waals surface area (Å²) in [5, 5.41) is 3.11. The molecule has 0 spiro atoms. The highest BCUT2D eigenvalue weighted by Gasteiger charge is 2.29. The van der Waals surface area contributed by atoms with Gasteiger partial charge in [0, 0.05) is 19.0 Å². The Hall–Kier alpha value is -3.75. The lowest BCUT2D eigenvalue weighted by Gasteiger charge is -2.12. The van der Waals surface area contributed by atoms with Gasteiger partial charge in [-0.1, -0.05) is 18.2 Å². The number of ether oxygens (including phenoxy) is 3. The molecule has 0 unspecified atom stereocenters. The van der Waals surface area contributed by atoms with Gasteiger partial charge in [0.25, 0.3) is 0 Å². The Morgan fingerprint density at radius 2 is 1.74 bits per heavy atom. The van der Waals surface area contributed by atoms with Crippen molar-refractivity contribution >= 4 is 11.7 Å². The number of pyridine rings is 1. The van der Waals surface area contributed by atoms with Crippen molar-refractivity contribution in [2.24, 2.45) is 0 Å². The van der Waals surface area contributed by atoms with E-state index in [0.717, 1.165) is 17.7 Å². The Balaban J connectivity index is 1.57. The molecule has 6 nitrogen and oxygen atoms in total. The first-order valence-electron chi connectivity index (χ1n) is 10.6. The molecule has 34 heavy (non-hydrogen) atoms. The number of hydrogen-bond donors (Lipinski definition) is 1. The largest absolute Gasteiger partial charge is 0.493 e. The summed E-state index contributed by atoms with van der Waals surface area (Å²) in [6.45, 7) is 2.47. The fourth-order valence-electron chi connectivity index (χ4n) is 3.10. The lowest BCUT2D eigenvalue weighted by atomic mass is 10.1. The van der Waals surface area contributed by atoms with Crippen LogP contribution in [0.25, 0.3) is 0 Å². The Kier molecular flexibility index (Phi) is 8.34. The van der Waals surface area contributed by atoms with Crippen LogP contribution in [0.3, 0.4) is 0 Å². The highest BCUT2D eigenvalue weighted by molar-refractivity contribution is 5.69. The molecule has 9 heteroatoms. The maximum absolute atomic E-state index is 12.7. The average Bonchev–Trinajstić information content (AvgIpc) is 2.83. The zero-order valence-electron chi connectivity index (χ0n) is 18.8. The van der Waals surface area contributed by atoms with Gasteiger partial charge in [-0.3, -0.25) is 4.79 Å². The molecular formula is C25H25F3N2O4. The van der Waals surface area contributed by atoms with E-state index < -0.39 is 11.7 Å². The number of nitrogens with one attached hydrogen (secondary N) is 1. The van der Waals surface area contributed by atoms with Gasteiger partial charge >= 0.3 is 12.1 Å². The number of alkyl halides is 3. The van der Waals surface area contributed by atoms with Gasteiger partial charge in [0.2, 0.25) is 5.88 Å². The number of carbonyl (C=O) groups excluding carboxylic acids is 1. The summed E-state index contributed by atoms with van der Waals surface area (Å²) in [7, 11) is 1.53. The summed E-state index contributed by atoms with van der Waals surface area (Å²) in [4.78, 5) is 15.8. The molecule has 0 aliphatic heterocycles. The van der Waals surface area contributed by atoms with E-state index in [-0.39, 0.29) is 12.4 Å². The number of methoxy groups -OCH3 is 1. The van der Waals surface area contributed by atoms with Crippen LogP contribution in [0.2, 0.25) is 0 Å². The Bertz CT molecular complexity index is 1080. The maximum Gasteiger partial charge on any atom is 0.416 e. The first-order valence-corrected chi connectivity index (χ1v) is 10.6. The van der Waals surface area contributed by atoms with E-state index in [4.69, 9.17) is 14.2 Å². The molecule has 0 bridgehead atoms. The standard InChI is InChI=1S/C25H25F3N2O4/c1-3-33-24(31)13-7-17-6-11-21(22(14-17)32-2)34-23-12-10-20(16-30-23)29-15-18-4-8-19(9-5-18)25(26,27)28/h4-6,8-12,14,16,29H,3,7,13,15H2,1-2H3. The van der Waals surface area contributed by atoms with Crippen molar-refractivity contribution in [2.45, 2.75) is 32.5 Å². The molecule has 0 radical (unpaired) electrons. The van der Waals surface area contributed by atoms with E-state index in [1.807, 2.05) is 6.07 Å². The average molecular weight is 474 g/mol. The predicted molar refractivity (Wildman–Crippen MR) is 121 cm³/mol. The molecule has 1 heterocycles. The number of hydrogen-bond acceptors (Lipinski definition) is 6. The lowest BCUT2D eigenvalue weighted by molar-refractivity contribution is -0.143. The van der Waals surface area contributed by atoms with Gasteiger partial charge in [0.05, 0.1) is 31.2 Å². The fraction of sp³-hybridized carbons (Fsp3) is 0.280. The molecule has 0 aliphatic rings. The summed E-state index contributed by atoms with van der Waals surface area (Å²) in [5.74, 6) is 1.07. The number of aryl methyl sites for hydroxylation is 1. The molecule has 180 valence electrons. The third-order valence-corrected chi connectivity index (χ3v) is 4.88. The summed E-state index contributed by atoms with van der Waals surface area (Å²) in [6.07, 6.45) is -1.98. The Morgan fingerprint density at radius 1 is 1.00 bits per heavy atom. The maximum atomic E-state index is 12.7. The van der Waals surface area contributed by atoms with Crippen molar-refractivity contribution in [3.05, 3.63) is 77.5 Å². The van der Waals surface area contributed by atoms with E-state index in [0.29, 0.717) is 48.2 Å². The topological polar surface area (TPSA) is 69.7 Å². The zero-order valence-corrected chi connectivity index (χ0v) is 18.8. The lowest BCUT2D eigenvalue weighted by Crippen LogP contribution is -2.05. The highest BCUT2D eigenvalue weighted by atomic mass is 19.4. The minimum absolute atomic E-state index is 0.252. The van der Waals surface area contributed by atoms with E-state index in [2.05, 4.69) is 10.3 Å². The van der Waals surface area contributed by atoms with Gasteiger partial charge in [-0.25, -0.2) is 4.98 Å². The van der Waals surface area contributed by atoms with E-state index in [1.165, 1.54) is 19.2 Å². The number of nitrogens with zero attached hydrogens (tertiary/aromatic N) is 1. The second-order valence-corrected chi connectivity index (χ2v) is 7.33. The van der Waals surface area contributed by atoms with E-state index >= 15 is 0 Å². The number of halogens is 3. The van der Waals surface area contributed by atoms with Crippen LogP contribution in [0.5, 0.6) is 17.4 Å². The summed E-state index contributed by atoms with van der Waals surface area (Å²) in [5.41, 5.74) is 1.63. The van der Waals surface area contributed by atoms with Crippen molar-refractivity contribution in [2.75, 3.05) is 19.0 Å². The molecule has 0 atom stereocenters. The first-order chi connectivity index (χ1) is 16.3. The smallest absolute Gasteiger partial charge is 0.416 e. The van der Waals surface area contributed by atoms with Crippen molar-refractivity contribution in [1.29, 1.82) is 0 Å². The first kappa shape index (κ1) is 24.9. The predicted octanol–water partition coefficient (Wildman–Crippen LogP) is 6.01. The van der Waals surface area contributed by atoms with Crippen molar-refractivity contribution in [3.63, 3.8) is 0 Å². The molecular weight excluding hydrogens is 449 g/mol. The molecule has 2 aromatic carbocycles.